The van der Waals surface area contributed by atoms with Crippen molar-refractivity contribution in [3.8, 4) is 0 Å². The molecule has 1 aromatic rings. The van der Waals surface area contributed by atoms with Crippen LogP contribution in [0.25, 0.3) is 0 Å². The average molecular weight is 225 g/mol. The third-order valence-electron chi connectivity index (χ3n) is 1.68. The van der Waals surface area contributed by atoms with E-state index in [4.69, 9.17) is 17.4 Å². The van der Waals surface area contributed by atoms with Crippen LogP contribution in [0, 0.1) is 5.82 Å². The fourth-order valence-electron chi connectivity index (χ4n) is 0.942. The summed E-state index contributed by atoms with van der Waals surface area (Å²) < 4.78 is 13.1. The lowest BCUT2D eigenvalue weighted by Crippen LogP contribution is -2.26. The molecule has 0 heterocycles. The Bertz CT molecular complexity index is 281. The summed E-state index contributed by atoms with van der Waals surface area (Å²) in [5, 5.41) is 0.389. The number of hydrogen-bond donors (Lipinski definition) is 2. The predicted octanol–water partition coefficient (Wildman–Crippen LogP) is 2.43. The second-order valence-electron chi connectivity index (χ2n) is 2.55. The molecule has 0 aromatic heterocycles. The highest BCUT2D eigenvalue weighted by Crippen LogP contribution is 2.19. The lowest BCUT2D eigenvalue weighted by atomic mass is 10.1. The zero-order chi connectivity index (χ0) is 9.14. The zero-order valence-electron chi connectivity index (χ0n) is 7.05. The van der Waals surface area contributed by atoms with Crippen LogP contribution < -0.4 is 11.3 Å². The molecule has 0 radical (unpaired) electrons. The first kappa shape index (κ1) is 12.7. The molecule has 13 heavy (non-hydrogen) atoms. The maximum atomic E-state index is 13.1. The van der Waals surface area contributed by atoms with E-state index in [1.54, 1.807) is 19.1 Å². The molecular formula is C8H11Cl2FN2. The van der Waals surface area contributed by atoms with Crippen molar-refractivity contribution in [3.05, 3.63) is 34.6 Å². The highest BCUT2D eigenvalue weighted by molar-refractivity contribution is 6.30. The number of hydrazine groups is 1. The summed E-state index contributed by atoms with van der Waals surface area (Å²) in [5.41, 5.74) is 2.97. The number of halogens is 3. The molecule has 5 heteroatoms. The van der Waals surface area contributed by atoms with Crippen LogP contribution in [0.4, 0.5) is 4.39 Å². The second kappa shape index (κ2) is 5.40. The zero-order valence-corrected chi connectivity index (χ0v) is 8.62. The van der Waals surface area contributed by atoms with Gasteiger partial charge in [0.1, 0.15) is 5.82 Å². The summed E-state index contributed by atoms with van der Waals surface area (Å²) in [6.45, 7) is 1.77. The van der Waals surface area contributed by atoms with Gasteiger partial charge in [-0.2, -0.15) is 0 Å². The van der Waals surface area contributed by atoms with Crippen molar-refractivity contribution in [2.45, 2.75) is 13.0 Å². The quantitative estimate of drug-likeness (QED) is 0.599. The maximum Gasteiger partial charge on any atom is 0.129 e. The van der Waals surface area contributed by atoms with Crippen molar-refractivity contribution < 1.29 is 4.39 Å². The van der Waals surface area contributed by atoms with E-state index in [0.717, 1.165) is 0 Å². The maximum absolute atomic E-state index is 13.1. The Hall–Kier alpha value is -0.350. The average Bonchev–Trinajstić information content (AvgIpc) is 2.03. The van der Waals surface area contributed by atoms with Crippen molar-refractivity contribution in [1.82, 2.24) is 5.43 Å². The molecule has 0 aliphatic rings. The molecule has 0 bridgehead atoms. The normalized spacial score (nSPS) is 12.0. The molecule has 1 rings (SSSR count). The van der Waals surface area contributed by atoms with Crippen LogP contribution in [0.3, 0.4) is 0 Å². The van der Waals surface area contributed by atoms with Crippen LogP contribution in [0.2, 0.25) is 5.02 Å². The van der Waals surface area contributed by atoms with E-state index in [2.05, 4.69) is 5.43 Å². The molecule has 1 atom stereocenters. The van der Waals surface area contributed by atoms with Gasteiger partial charge in [0, 0.05) is 16.6 Å². The van der Waals surface area contributed by atoms with Gasteiger partial charge in [-0.3, -0.25) is 11.3 Å². The summed E-state index contributed by atoms with van der Waals surface area (Å²) in [7, 11) is 0. The summed E-state index contributed by atoms with van der Waals surface area (Å²) in [4.78, 5) is 0. The Morgan fingerprint density at radius 2 is 2.15 bits per heavy atom. The van der Waals surface area contributed by atoms with E-state index in [-0.39, 0.29) is 24.3 Å². The van der Waals surface area contributed by atoms with Gasteiger partial charge in [0.25, 0.3) is 0 Å². The minimum atomic E-state index is -0.340. The van der Waals surface area contributed by atoms with E-state index in [0.29, 0.717) is 10.6 Å². The fourth-order valence-corrected chi connectivity index (χ4v) is 1.10. The van der Waals surface area contributed by atoms with E-state index < -0.39 is 0 Å². The molecule has 0 saturated heterocycles. The third-order valence-corrected chi connectivity index (χ3v) is 1.91. The fraction of sp³-hybridized carbons (Fsp3) is 0.250. The Labute approximate surface area is 87.6 Å². The lowest BCUT2D eigenvalue weighted by Gasteiger charge is -2.10. The molecule has 0 saturated carbocycles. The summed E-state index contributed by atoms with van der Waals surface area (Å²) in [5.74, 6) is 4.82. The highest BCUT2D eigenvalue weighted by atomic mass is 35.5. The van der Waals surface area contributed by atoms with Crippen molar-refractivity contribution in [2.24, 2.45) is 5.84 Å². The van der Waals surface area contributed by atoms with E-state index >= 15 is 0 Å². The van der Waals surface area contributed by atoms with Gasteiger partial charge in [0.15, 0.2) is 0 Å². The minimum absolute atomic E-state index is 0. The molecule has 0 aliphatic heterocycles. The Balaban J connectivity index is 0.00000144. The van der Waals surface area contributed by atoms with Gasteiger partial charge in [-0.1, -0.05) is 17.7 Å². The third kappa shape index (κ3) is 3.12. The number of hydrogen-bond acceptors (Lipinski definition) is 2. The van der Waals surface area contributed by atoms with Gasteiger partial charge in [0.2, 0.25) is 0 Å². The first-order valence-corrected chi connectivity index (χ1v) is 3.94. The van der Waals surface area contributed by atoms with Gasteiger partial charge in [-0.15, -0.1) is 12.4 Å². The highest BCUT2D eigenvalue weighted by Gasteiger charge is 2.08. The van der Waals surface area contributed by atoms with Crippen LogP contribution in [-0.4, -0.2) is 0 Å². The molecule has 0 spiro atoms. The number of rotatable bonds is 2. The number of benzene rings is 1. The van der Waals surface area contributed by atoms with Gasteiger partial charge in [0.05, 0.1) is 0 Å². The number of nitrogens with one attached hydrogen (secondary N) is 1. The van der Waals surface area contributed by atoms with E-state index in [1.165, 1.54) is 6.07 Å². The van der Waals surface area contributed by atoms with Crippen LogP contribution in [0.5, 0.6) is 0 Å². The minimum Gasteiger partial charge on any atom is -0.271 e. The monoisotopic (exact) mass is 224 g/mol. The van der Waals surface area contributed by atoms with E-state index in [9.17, 15) is 4.39 Å². The number of nitrogens with two attached hydrogens (primary N) is 1. The molecule has 74 valence electrons. The van der Waals surface area contributed by atoms with Crippen LogP contribution in [0.15, 0.2) is 18.2 Å². The second-order valence-corrected chi connectivity index (χ2v) is 2.99. The molecule has 0 fully saturated rings. The van der Waals surface area contributed by atoms with Gasteiger partial charge in [-0.25, -0.2) is 4.39 Å². The van der Waals surface area contributed by atoms with Crippen LogP contribution in [-0.2, 0) is 0 Å². The molecular weight excluding hydrogens is 214 g/mol. The largest absolute Gasteiger partial charge is 0.271 e. The van der Waals surface area contributed by atoms with Gasteiger partial charge in [-0.05, 0) is 19.1 Å². The summed E-state index contributed by atoms with van der Waals surface area (Å²) >= 11 is 5.57. The first-order valence-electron chi connectivity index (χ1n) is 3.56. The molecule has 3 N–H and O–H groups in total. The first-order chi connectivity index (χ1) is 5.65. The van der Waals surface area contributed by atoms with Crippen molar-refractivity contribution in [3.63, 3.8) is 0 Å². The van der Waals surface area contributed by atoms with Crippen molar-refractivity contribution in [1.29, 1.82) is 0 Å². The predicted molar refractivity (Wildman–Crippen MR) is 54.4 cm³/mol. The Kier molecular flexibility index (Phi) is 5.25. The van der Waals surface area contributed by atoms with Crippen LogP contribution >= 0.6 is 24.0 Å². The standard InChI is InChI=1S/C8H10ClFN2.ClH/c1-5(12-11)7-3-2-6(9)4-8(7)10;/h2-5,12H,11H2,1H3;1H. The van der Waals surface area contributed by atoms with E-state index in [1.807, 2.05) is 0 Å². The van der Waals surface area contributed by atoms with Crippen LogP contribution in [0.1, 0.15) is 18.5 Å². The van der Waals surface area contributed by atoms with Gasteiger partial charge < -0.3 is 0 Å². The Morgan fingerprint density at radius 1 is 1.54 bits per heavy atom. The molecule has 0 aliphatic carbocycles. The smallest absolute Gasteiger partial charge is 0.129 e. The topological polar surface area (TPSA) is 38.0 Å². The summed E-state index contributed by atoms with van der Waals surface area (Å²) in [6, 6.07) is 4.31. The summed E-state index contributed by atoms with van der Waals surface area (Å²) in [6.07, 6.45) is 0. The lowest BCUT2D eigenvalue weighted by molar-refractivity contribution is 0.542. The van der Waals surface area contributed by atoms with Gasteiger partial charge >= 0.3 is 0 Å². The Morgan fingerprint density at radius 3 is 2.62 bits per heavy atom. The van der Waals surface area contributed by atoms with Crippen molar-refractivity contribution >= 4 is 24.0 Å². The van der Waals surface area contributed by atoms with Crippen molar-refractivity contribution in [2.75, 3.05) is 0 Å². The molecule has 2 nitrogen and oxygen atoms in total. The SMILES string of the molecule is CC(NN)c1ccc(Cl)cc1F.Cl. The molecule has 0 amide bonds. The molecule has 1 unspecified atom stereocenters. The molecule has 1 aromatic carbocycles.